The third-order valence-electron chi connectivity index (χ3n) is 4.54. The number of para-hydroxylation sites is 1. The summed E-state index contributed by atoms with van der Waals surface area (Å²) in [6.45, 7) is 0.751. The number of hydrogen-bond donors (Lipinski definition) is 3. The van der Waals surface area contributed by atoms with Crippen molar-refractivity contribution in [3.8, 4) is 17.0 Å². The van der Waals surface area contributed by atoms with Gasteiger partial charge in [0.05, 0.1) is 16.9 Å². The van der Waals surface area contributed by atoms with Crippen LogP contribution in [0.3, 0.4) is 0 Å². The molecule has 0 bridgehead atoms. The summed E-state index contributed by atoms with van der Waals surface area (Å²) in [7, 11) is 1.80. The Morgan fingerprint density at radius 2 is 2.10 bits per heavy atom. The van der Waals surface area contributed by atoms with Crippen molar-refractivity contribution in [2.45, 2.75) is 0 Å². The highest BCUT2D eigenvalue weighted by molar-refractivity contribution is 6.33. The average Bonchev–Trinajstić information content (AvgIpc) is 3.30. The van der Waals surface area contributed by atoms with E-state index in [4.69, 9.17) is 22.1 Å². The van der Waals surface area contributed by atoms with E-state index in [-0.39, 0.29) is 5.91 Å². The van der Waals surface area contributed by atoms with Gasteiger partial charge in [0.2, 0.25) is 0 Å². The molecule has 2 heterocycles. The number of anilines is 1. The van der Waals surface area contributed by atoms with Crippen molar-refractivity contribution < 1.29 is 9.53 Å². The van der Waals surface area contributed by atoms with E-state index in [9.17, 15) is 4.79 Å². The van der Waals surface area contributed by atoms with Gasteiger partial charge in [0.15, 0.2) is 0 Å². The lowest BCUT2D eigenvalue weighted by atomic mass is 10.1. The highest BCUT2D eigenvalue weighted by Crippen LogP contribution is 2.36. The smallest absolute Gasteiger partial charge is 0.272 e. The molecule has 4 N–H and O–H groups in total. The minimum atomic E-state index is -0.237. The monoisotopic (exact) mass is 409 g/mol. The number of carbonyl (C=O) groups is 1. The molecule has 1 amide bonds. The van der Waals surface area contributed by atoms with Gasteiger partial charge in [-0.15, -0.1) is 0 Å². The summed E-state index contributed by atoms with van der Waals surface area (Å²) in [5, 5.41) is 8.58. The largest absolute Gasteiger partial charge is 0.492 e. The third kappa shape index (κ3) is 3.83. The summed E-state index contributed by atoms with van der Waals surface area (Å²) in [4.78, 5) is 15.9. The number of aryl methyl sites for hydroxylation is 1. The predicted molar refractivity (Wildman–Crippen MR) is 114 cm³/mol. The zero-order chi connectivity index (χ0) is 20.4. The molecule has 7 nitrogen and oxygen atoms in total. The van der Waals surface area contributed by atoms with Gasteiger partial charge in [0, 0.05) is 35.7 Å². The van der Waals surface area contributed by atoms with Gasteiger partial charge in [-0.3, -0.25) is 9.48 Å². The minimum Gasteiger partial charge on any atom is -0.492 e. The van der Waals surface area contributed by atoms with Crippen LogP contribution in [-0.2, 0) is 7.05 Å². The second kappa shape index (κ2) is 7.98. The van der Waals surface area contributed by atoms with E-state index in [2.05, 4.69) is 15.4 Å². The first-order valence-corrected chi connectivity index (χ1v) is 9.48. The number of benzene rings is 2. The summed E-state index contributed by atoms with van der Waals surface area (Å²) < 4.78 is 7.42. The number of halogens is 1. The predicted octanol–water partition coefficient (Wildman–Crippen LogP) is 3.81. The number of rotatable bonds is 6. The summed E-state index contributed by atoms with van der Waals surface area (Å²) in [5.74, 6) is 0.378. The molecular formula is C21H20ClN5O2. The topological polar surface area (TPSA) is 98.0 Å². The molecule has 4 aromatic rings. The van der Waals surface area contributed by atoms with Crippen molar-refractivity contribution >= 4 is 34.1 Å². The van der Waals surface area contributed by atoms with Crippen LogP contribution in [-0.4, -0.2) is 33.8 Å². The number of carbonyl (C=O) groups excluding carboxylic acids is 1. The maximum absolute atomic E-state index is 12.7. The van der Waals surface area contributed by atoms with Gasteiger partial charge in [0.1, 0.15) is 18.1 Å². The Bertz CT molecular complexity index is 1130. The Labute approximate surface area is 172 Å². The van der Waals surface area contributed by atoms with E-state index in [0.717, 1.165) is 16.5 Å². The molecule has 0 atom stereocenters. The molecule has 0 spiro atoms. The maximum atomic E-state index is 12.7. The van der Waals surface area contributed by atoms with Gasteiger partial charge in [-0.1, -0.05) is 29.8 Å². The van der Waals surface area contributed by atoms with Crippen molar-refractivity contribution in [1.29, 1.82) is 0 Å². The standard InChI is InChI=1S/C21H20ClN5O2/c1-27-20(16(22)12-24-27)15-11-14(6-7-19(15)29-9-8-23)25-21(28)18-10-13-4-2-3-5-17(13)26-18/h2-7,10-12,26H,8-9,23H2,1H3,(H,25,28). The van der Waals surface area contributed by atoms with E-state index >= 15 is 0 Å². The lowest BCUT2D eigenvalue weighted by Crippen LogP contribution is -2.13. The summed E-state index contributed by atoms with van der Waals surface area (Å²) >= 11 is 6.33. The first-order valence-electron chi connectivity index (χ1n) is 9.10. The van der Waals surface area contributed by atoms with Gasteiger partial charge in [-0.2, -0.15) is 5.10 Å². The fraction of sp³-hybridized carbons (Fsp3) is 0.143. The number of nitrogens with one attached hydrogen (secondary N) is 2. The minimum absolute atomic E-state index is 0.237. The molecule has 2 aromatic heterocycles. The molecule has 0 saturated heterocycles. The SMILES string of the molecule is Cn1ncc(Cl)c1-c1cc(NC(=O)c2cc3ccccc3[nH]2)ccc1OCCN. The molecular weight excluding hydrogens is 390 g/mol. The first kappa shape index (κ1) is 19.0. The van der Waals surface area contributed by atoms with E-state index in [0.29, 0.717) is 41.0 Å². The van der Waals surface area contributed by atoms with Crippen molar-refractivity contribution in [3.05, 3.63) is 65.4 Å². The molecule has 0 fully saturated rings. The number of aromatic nitrogens is 3. The Hall–Kier alpha value is -3.29. The fourth-order valence-electron chi connectivity index (χ4n) is 3.20. The molecule has 0 aliphatic heterocycles. The van der Waals surface area contributed by atoms with Gasteiger partial charge < -0.3 is 20.8 Å². The lowest BCUT2D eigenvalue weighted by molar-refractivity contribution is 0.102. The Balaban J connectivity index is 1.67. The van der Waals surface area contributed by atoms with Crippen LogP contribution in [0.5, 0.6) is 5.75 Å². The Morgan fingerprint density at radius 1 is 1.28 bits per heavy atom. The molecule has 148 valence electrons. The van der Waals surface area contributed by atoms with Crippen LogP contribution >= 0.6 is 11.6 Å². The number of aromatic amines is 1. The number of hydrogen-bond acceptors (Lipinski definition) is 4. The zero-order valence-corrected chi connectivity index (χ0v) is 16.5. The number of ether oxygens (including phenoxy) is 1. The van der Waals surface area contributed by atoms with Gasteiger partial charge in [-0.25, -0.2) is 0 Å². The summed E-state index contributed by atoms with van der Waals surface area (Å²) in [6.07, 6.45) is 1.57. The molecule has 0 saturated carbocycles. The van der Waals surface area contributed by atoms with Crippen LogP contribution in [0.15, 0.2) is 54.7 Å². The fourth-order valence-corrected chi connectivity index (χ4v) is 3.46. The van der Waals surface area contributed by atoms with Crippen LogP contribution in [0.25, 0.3) is 22.2 Å². The van der Waals surface area contributed by atoms with E-state index in [1.807, 2.05) is 36.4 Å². The number of nitrogens with zero attached hydrogens (tertiary/aromatic N) is 2. The van der Waals surface area contributed by atoms with E-state index in [1.54, 1.807) is 30.1 Å². The molecule has 29 heavy (non-hydrogen) atoms. The molecule has 0 radical (unpaired) electrons. The van der Waals surface area contributed by atoms with Crippen LogP contribution < -0.4 is 15.8 Å². The Morgan fingerprint density at radius 3 is 2.83 bits per heavy atom. The van der Waals surface area contributed by atoms with Crippen LogP contribution in [0.2, 0.25) is 5.02 Å². The first-order chi connectivity index (χ1) is 14.1. The quantitative estimate of drug-likeness (QED) is 0.451. The number of fused-ring (bicyclic) bond motifs is 1. The number of H-pyrrole nitrogens is 1. The molecule has 0 aliphatic carbocycles. The normalized spacial score (nSPS) is 11.0. The third-order valence-corrected chi connectivity index (χ3v) is 4.81. The van der Waals surface area contributed by atoms with Crippen molar-refractivity contribution in [2.75, 3.05) is 18.5 Å². The van der Waals surface area contributed by atoms with Gasteiger partial charge in [0.25, 0.3) is 5.91 Å². The van der Waals surface area contributed by atoms with Crippen LogP contribution in [0, 0.1) is 0 Å². The van der Waals surface area contributed by atoms with E-state index in [1.165, 1.54) is 0 Å². The van der Waals surface area contributed by atoms with Gasteiger partial charge in [-0.05, 0) is 30.3 Å². The van der Waals surface area contributed by atoms with E-state index < -0.39 is 0 Å². The van der Waals surface area contributed by atoms with Gasteiger partial charge >= 0.3 is 0 Å². The molecule has 2 aromatic carbocycles. The highest BCUT2D eigenvalue weighted by Gasteiger charge is 2.17. The molecule has 0 aliphatic rings. The zero-order valence-electron chi connectivity index (χ0n) is 15.8. The molecule has 8 heteroatoms. The number of nitrogens with two attached hydrogens (primary N) is 1. The Kier molecular flexibility index (Phi) is 5.24. The van der Waals surface area contributed by atoms with Crippen LogP contribution in [0.1, 0.15) is 10.5 Å². The highest BCUT2D eigenvalue weighted by atomic mass is 35.5. The summed E-state index contributed by atoms with van der Waals surface area (Å²) in [5.41, 5.74) is 8.98. The second-order valence-electron chi connectivity index (χ2n) is 6.54. The van der Waals surface area contributed by atoms with Crippen molar-refractivity contribution in [1.82, 2.24) is 14.8 Å². The second-order valence-corrected chi connectivity index (χ2v) is 6.94. The summed E-state index contributed by atoms with van der Waals surface area (Å²) in [6, 6.07) is 14.9. The lowest BCUT2D eigenvalue weighted by Gasteiger charge is -2.14. The average molecular weight is 410 g/mol. The van der Waals surface area contributed by atoms with Crippen molar-refractivity contribution in [3.63, 3.8) is 0 Å². The van der Waals surface area contributed by atoms with Crippen molar-refractivity contribution in [2.24, 2.45) is 12.8 Å². The molecule has 0 unspecified atom stereocenters. The number of amides is 1. The maximum Gasteiger partial charge on any atom is 0.272 e. The van der Waals surface area contributed by atoms with Crippen LogP contribution in [0.4, 0.5) is 5.69 Å². The molecule has 4 rings (SSSR count).